The van der Waals surface area contributed by atoms with E-state index >= 15 is 0 Å². The second-order valence-electron chi connectivity index (χ2n) is 6.90. The molecule has 2 heterocycles. The summed E-state index contributed by atoms with van der Waals surface area (Å²) in [6.07, 6.45) is 2.08. The van der Waals surface area contributed by atoms with E-state index in [0.717, 1.165) is 44.8 Å². The molecule has 2 aromatic carbocycles. The first-order valence-electron chi connectivity index (χ1n) is 9.09. The maximum Gasteiger partial charge on any atom is 0.261 e. The first kappa shape index (κ1) is 18.6. The Balaban J connectivity index is 1.78. The molecule has 1 saturated heterocycles. The number of fused-ring (bicyclic) bond motifs is 1. The smallest absolute Gasteiger partial charge is 0.261 e. The Bertz CT molecular complexity index is 956. The van der Waals surface area contributed by atoms with E-state index in [4.69, 9.17) is 9.72 Å². The predicted octanol–water partition coefficient (Wildman–Crippen LogP) is 5.50. The number of anilines is 1. The lowest BCUT2D eigenvalue weighted by Crippen LogP contribution is -2.37. The zero-order valence-corrected chi connectivity index (χ0v) is 17.8. The van der Waals surface area contributed by atoms with Gasteiger partial charge in [0, 0.05) is 11.1 Å². The van der Waals surface area contributed by atoms with Gasteiger partial charge in [0.25, 0.3) is 5.91 Å². The Hall–Kier alpha value is -1.76. The molecule has 6 heteroatoms. The number of amides is 1. The highest BCUT2D eigenvalue weighted by molar-refractivity contribution is 9.10. The highest BCUT2D eigenvalue weighted by atomic mass is 79.9. The van der Waals surface area contributed by atoms with Gasteiger partial charge in [-0.05, 0) is 65.9 Å². The van der Waals surface area contributed by atoms with Gasteiger partial charge in [-0.1, -0.05) is 35.6 Å². The summed E-state index contributed by atoms with van der Waals surface area (Å²) in [5, 5.41) is 0.735. The predicted molar refractivity (Wildman–Crippen MR) is 114 cm³/mol. The minimum atomic E-state index is -0.0488. The van der Waals surface area contributed by atoms with Crippen LogP contribution in [0.5, 0.6) is 0 Å². The van der Waals surface area contributed by atoms with Crippen LogP contribution in [0, 0.1) is 13.8 Å². The first-order chi connectivity index (χ1) is 13.0. The zero-order chi connectivity index (χ0) is 19.0. The summed E-state index contributed by atoms with van der Waals surface area (Å²) in [6.45, 7) is 5.44. The van der Waals surface area contributed by atoms with Crippen molar-refractivity contribution < 1.29 is 9.53 Å². The van der Waals surface area contributed by atoms with Crippen LogP contribution in [-0.4, -0.2) is 30.1 Å². The minimum absolute atomic E-state index is 0.0488. The topological polar surface area (TPSA) is 42.4 Å². The molecule has 3 aromatic rings. The van der Waals surface area contributed by atoms with E-state index in [1.54, 1.807) is 16.2 Å². The molecule has 0 aliphatic carbocycles. The van der Waals surface area contributed by atoms with Crippen molar-refractivity contribution >= 4 is 48.5 Å². The molecular formula is C21H21BrN2O2S. The largest absolute Gasteiger partial charge is 0.376 e. The summed E-state index contributed by atoms with van der Waals surface area (Å²) in [7, 11) is 0. The van der Waals surface area contributed by atoms with Crippen LogP contribution in [0.25, 0.3) is 10.2 Å². The van der Waals surface area contributed by atoms with Crippen molar-refractivity contribution in [1.29, 1.82) is 0 Å². The molecule has 1 aromatic heterocycles. The normalized spacial score (nSPS) is 16.8. The van der Waals surface area contributed by atoms with E-state index in [1.807, 2.05) is 24.3 Å². The van der Waals surface area contributed by atoms with Crippen LogP contribution < -0.4 is 4.90 Å². The van der Waals surface area contributed by atoms with Gasteiger partial charge >= 0.3 is 0 Å². The number of carbonyl (C=O) groups excluding carboxylic acids is 1. The maximum absolute atomic E-state index is 13.4. The van der Waals surface area contributed by atoms with Crippen molar-refractivity contribution in [2.24, 2.45) is 0 Å². The molecule has 0 spiro atoms. The van der Waals surface area contributed by atoms with Crippen LogP contribution in [0.3, 0.4) is 0 Å². The number of carbonyl (C=O) groups is 1. The Kier molecular flexibility index (Phi) is 5.30. The third-order valence-corrected chi connectivity index (χ3v) is 6.83. The number of benzene rings is 2. The highest BCUT2D eigenvalue weighted by Crippen LogP contribution is 2.35. The van der Waals surface area contributed by atoms with Gasteiger partial charge in [-0.15, -0.1) is 0 Å². The van der Waals surface area contributed by atoms with Crippen molar-refractivity contribution in [3.63, 3.8) is 0 Å². The Labute approximate surface area is 171 Å². The summed E-state index contributed by atoms with van der Waals surface area (Å²) >= 11 is 5.09. The average molecular weight is 445 g/mol. The number of ether oxygens (including phenoxy) is 1. The summed E-state index contributed by atoms with van der Waals surface area (Å²) in [5.74, 6) is -0.0488. The van der Waals surface area contributed by atoms with E-state index in [9.17, 15) is 4.79 Å². The molecule has 1 fully saturated rings. The molecule has 1 aliphatic rings. The van der Waals surface area contributed by atoms with E-state index < -0.39 is 0 Å². The lowest BCUT2D eigenvalue weighted by molar-refractivity contribution is 0.0917. The van der Waals surface area contributed by atoms with Gasteiger partial charge in [0.1, 0.15) is 0 Å². The molecule has 0 saturated carbocycles. The van der Waals surface area contributed by atoms with Gasteiger partial charge in [-0.3, -0.25) is 9.69 Å². The van der Waals surface area contributed by atoms with Crippen LogP contribution in [0.2, 0.25) is 0 Å². The summed E-state index contributed by atoms with van der Waals surface area (Å²) in [4.78, 5) is 20.0. The summed E-state index contributed by atoms with van der Waals surface area (Å²) in [5.41, 5.74) is 3.93. The standard InChI is InChI=1S/C21H21BrN2O2S/c1-13-9-10-14(2)19-18(13)23-21(27-19)24(12-15-6-5-11-26-15)20(25)16-7-3-4-8-17(16)22/h3-4,7-10,15H,5-6,11-12H2,1-2H3. The van der Waals surface area contributed by atoms with Crippen molar-refractivity contribution in [3.8, 4) is 0 Å². The Morgan fingerprint density at radius 3 is 2.74 bits per heavy atom. The molecule has 1 unspecified atom stereocenters. The van der Waals surface area contributed by atoms with Crippen LogP contribution >= 0.6 is 27.3 Å². The fourth-order valence-corrected chi connectivity index (χ4v) is 4.96. The molecule has 0 N–H and O–H groups in total. The SMILES string of the molecule is Cc1ccc(C)c2sc(N(CC3CCCO3)C(=O)c3ccccc3Br)nc12. The van der Waals surface area contributed by atoms with Gasteiger partial charge in [0.05, 0.1) is 28.4 Å². The number of aromatic nitrogens is 1. The van der Waals surface area contributed by atoms with E-state index in [2.05, 4.69) is 41.9 Å². The third kappa shape index (κ3) is 3.66. The lowest BCUT2D eigenvalue weighted by atomic mass is 10.1. The van der Waals surface area contributed by atoms with Gasteiger partial charge in [0.15, 0.2) is 5.13 Å². The number of thiazole rings is 1. The molecule has 140 valence electrons. The highest BCUT2D eigenvalue weighted by Gasteiger charge is 2.28. The van der Waals surface area contributed by atoms with Gasteiger partial charge in [-0.25, -0.2) is 4.98 Å². The molecule has 1 amide bonds. The Morgan fingerprint density at radius 2 is 2.04 bits per heavy atom. The van der Waals surface area contributed by atoms with Gasteiger partial charge in [-0.2, -0.15) is 0 Å². The average Bonchev–Trinajstić information content (AvgIpc) is 3.33. The fourth-order valence-electron chi connectivity index (χ4n) is 3.38. The van der Waals surface area contributed by atoms with Crippen molar-refractivity contribution in [3.05, 3.63) is 57.6 Å². The Morgan fingerprint density at radius 1 is 1.26 bits per heavy atom. The van der Waals surface area contributed by atoms with Crippen molar-refractivity contribution in [2.45, 2.75) is 32.8 Å². The first-order valence-corrected chi connectivity index (χ1v) is 10.7. The quantitative estimate of drug-likeness (QED) is 0.533. The number of halogens is 1. The number of hydrogen-bond acceptors (Lipinski definition) is 4. The van der Waals surface area contributed by atoms with E-state index in [-0.39, 0.29) is 12.0 Å². The number of aryl methyl sites for hydroxylation is 2. The zero-order valence-electron chi connectivity index (χ0n) is 15.4. The third-order valence-electron chi connectivity index (χ3n) is 4.92. The monoisotopic (exact) mass is 444 g/mol. The van der Waals surface area contributed by atoms with Crippen LogP contribution in [-0.2, 0) is 4.74 Å². The molecule has 1 atom stereocenters. The van der Waals surface area contributed by atoms with E-state index in [0.29, 0.717) is 12.1 Å². The maximum atomic E-state index is 13.4. The lowest BCUT2D eigenvalue weighted by Gasteiger charge is -2.23. The number of rotatable bonds is 4. The summed E-state index contributed by atoms with van der Waals surface area (Å²) < 4.78 is 7.75. The van der Waals surface area contributed by atoms with Crippen LogP contribution in [0.4, 0.5) is 5.13 Å². The second kappa shape index (κ2) is 7.70. The molecule has 0 bridgehead atoms. The van der Waals surface area contributed by atoms with Gasteiger partial charge < -0.3 is 4.74 Å². The van der Waals surface area contributed by atoms with Crippen molar-refractivity contribution in [2.75, 3.05) is 18.1 Å². The molecule has 1 aliphatic heterocycles. The van der Waals surface area contributed by atoms with E-state index in [1.165, 1.54) is 5.56 Å². The summed E-state index contributed by atoms with van der Waals surface area (Å²) in [6, 6.07) is 11.7. The minimum Gasteiger partial charge on any atom is -0.376 e. The fraction of sp³-hybridized carbons (Fsp3) is 0.333. The molecular weight excluding hydrogens is 424 g/mol. The van der Waals surface area contributed by atoms with Crippen molar-refractivity contribution in [1.82, 2.24) is 4.98 Å². The van der Waals surface area contributed by atoms with Gasteiger partial charge in [0.2, 0.25) is 0 Å². The molecule has 4 rings (SSSR count). The van der Waals surface area contributed by atoms with Crippen LogP contribution in [0.15, 0.2) is 40.9 Å². The molecule has 0 radical (unpaired) electrons. The molecule has 27 heavy (non-hydrogen) atoms. The number of hydrogen-bond donors (Lipinski definition) is 0. The second-order valence-corrected chi connectivity index (χ2v) is 8.74. The molecule has 4 nitrogen and oxygen atoms in total. The number of nitrogens with zero attached hydrogens (tertiary/aromatic N) is 2. The van der Waals surface area contributed by atoms with Crippen LogP contribution in [0.1, 0.15) is 34.3 Å².